The van der Waals surface area contributed by atoms with E-state index in [1.54, 1.807) is 12.1 Å². The molecule has 1 aromatic carbocycles. The van der Waals surface area contributed by atoms with Gasteiger partial charge in [-0.3, -0.25) is 4.79 Å². The first kappa shape index (κ1) is 15.6. The van der Waals surface area contributed by atoms with Gasteiger partial charge < -0.3 is 15.8 Å². The zero-order valence-electron chi connectivity index (χ0n) is 10.9. The molecule has 0 saturated carbocycles. The first-order valence-electron chi connectivity index (χ1n) is 5.69. The molecule has 0 aliphatic carbocycles. The molecule has 0 fully saturated rings. The normalized spacial score (nSPS) is 13.0. The Morgan fingerprint density at radius 3 is 2.37 bits per heavy atom. The van der Waals surface area contributed by atoms with Crippen molar-refractivity contribution in [2.75, 3.05) is 25.2 Å². The molecule has 6 nitrogen and oxygen atoms in total. The standard InChI is InChI=1S/C12H18N2O4S/c1-18-10(8-13)7-12(15)14-9-3-5-11(6-4-9)19(2,16)17/h3-6,10H,7-8,13H2,1-2H3,(H,14,15). The van der Waals surface area contributed by atoms with Crippen molar-refractivity contribution in [1.82, 2.24) is 0 Å². The van der Waals surface area contributed by atoms with Crippen molar-refractivity contribution in [3.05, 3.63) is 24.3 Å². The van der Waals surface area contributed by atoms with E-state index in [1.165, 1.54) is 19.2 Å². The predicted octanol–water partition coefficient (Wildman–Crippen LogP) is 0.392. The third kappa shape index (κ3) is 4.98. The zero-order valence-corrected chi connectivity index (χ0v) is 11.7. The van der Waals surface area contributed by atoms with Gasteiger partial charge in [-0.2, -0.15) is 0 Å². The second-order valence-corrected chi connectivity index (χ2v) is 6.16. The first-order valence-corrected chi connectivity index (χ1v) is 7.58. The summed E-state index contributed by atoms with van der Waals surface area (Å²) in [4.78, 5) is 11.9. The molecular formula is C12H18N2O4S. The SMILES string of the molecule is COC(CN)CC(=O)Nc1ccc(S(C)(=O)=O)cc1. The summed E-state index contributed by atoms with van der Waals surface area (Å²) in [7, 11) is -1.73. The molecule has 0 aliphatic heterocycles. The molecule has 0 saturated heterocycles. The highest BCUT2D eigenvalue weighted by molar-refractivity contribution is 7.90. The molecule has 1 amide bonds. The van der Waals surface area contributed by atoms with E-state index in [0.717, 1.165) is 6.26 Å². The van der Waals surface area contributed by atoms with E-state index in [-0.39, 0.29) is 29.9 Å². The molecule has 1 aromatic rings. The maximum atomic E-state index is 11.7. The van der Waals surface area contributed by atoms with E-state index in [2.05, 4.69) is 5.32 Å². The number of sulfone groups is 1. The van der Waals surface area contributed by atoms with Gasteiger partial charge in [0.1, 0.15) is 0 Å². The summed E-state index contributed by atoms with van der Waals surface area (Å²) in [6.07, 6.45) is 0.960. The lowest BCUT2D eigenvalue weighted by molar-refractivity contribution is -0.118. The summed E-state index contributed by atoms with van der Waals surface area (Å²) in [5.41, 5.74) is 5.95. The quantitative estimate of drug-likeness (QED) is 0.788. The number of carbonyl (C=O) groups is 1. The van der Waals surface area contributed by atoms with Crippen molar-refractivity contribution in [3.8, 4) is 0 Å². The maximum absolute atomic E-state index is 11.7. The van der Waals surface area contributed by atoms with E-state index in [9.17, 15) is 13.2 Å². The van der Waals surface area contributed by atoms with Gasteiger partial charge in [-0.1, -0.05) is 0 Å². The predicted molar refractivity (Wildman–Crippen MR) is 72.6 cm³/mol. The van der Waals surface area contributed by atoms with Crippen molar-refractivity contribution < 1.29 is 17.9 Å². The summed E-state index contributed by atoms with van der Waals surface area (Å²) < 4.78 is 27.6. The minimum Gasteiger partial charge on any atom is -0.380 e. The van der Waals surface area contributed by atoms with E-state index in [1.807, 2.05) is 0 Å². The fourth-order valence-electron chi connectivity index (χ4n) is 1.47. The Balaban J connectivity index is 2.66. The molecule has 0 bridgehead atoms. The fraction of sp³-hybridized carbons (Fsp3) is 0.417. The fourth-order valence-corrected chi connectivity index (χ4v) is 2.10. The molecule has 0 aromatic heterocycles. The third-order valence-corrected chi connectivity index (χ3v) is 3.70. The second-order valence-electron chi connectivity index (χ2n) is 4.14. The van der Waals surface area contributed by atoms with E-state index in [4.69, 9.17) is 10.5 Å². The van der Waals surface area contributed by atoms with Gasteiger partial charge in [-0.05, 0) is 24.3 Å². The van der Waals surface area contributed by atoms with Crippen LogP contribution in [0.4, 0.5) is 5.69 Å². The zero-order chi connectivity index (χ0) is 14.5. The highest BCUT2D eigenvalue weighted by atomic mass is 32.2. The summed E-state index contributed by atoms with van der Waals surface area (Å²) in [5.74, 6) is -0.232. The molecule has 1 unspecified atom stereocenters. The Bertz CT molecular complexity index is 521. The molecule has 0 heterocycles. The van der Waals surface area contributed by atoms with Gasteiger partial charge in [-0.25, -0.2) is 8.42 Å². The lowest BCUT2D eigenvalue weighted by Gasteiger charge is -2.12. The minimum absolute atomic E-state index is 0.154. The maximum Gasteiger partial charge on any atom is 0.227 e. The molecule has 19 heavy (non-hydrogen) atoms. The van der Waals surface area contributed by atoms with Gasteiger partial charge in [-0.15, -0.1) is 0 Å². The number of nitrogens with one attached hydrogen (secondary N) is 1. The highest BCUT2D eigenvalue weighted by Crippen LogP contribution is 2.14. The van der Waals surface area contributed by atoms with Crippen LogP contribution in [0.3, 0.4) is 0 Å². The Morgan fingerprint density at radius 1 is 1.37 bits per heavy atom. The molecule has 0 aliphatic rings. The number of hydrogen-bond donors (Lipinski definition) is 2. The van der Waals surface area contributed by atoms with Crippen LogP contribution in [0.5, 0.6) is 0 Å². The molecule has 1 rings (SSSR count). The largest absolute Gasteiger partial charge is 0.380 e. The number of anilines is 1. The Labute approximate surface area is 112 Å². The molecule has 0 radical (unpaired) electrons. The molecular weight excluding hydrogens is 268 g/mol. The van der Waals surface area contributed by atoms with Gasteiger partial charge in [0.05, 0.1) is 17.4 Å². The molecule has 1 atom stereocenters. The van der Waals surface area contributed by atoms with Crippen LogP contribution in [-0.2, 0) is 19.4 Å². The van der Waals surface area contributed by atoms with Crippen molar-refractivity contribution >= 4 is 21.4 Å². The Kier molecular flexibility index (Phi) is 5.46. The average molecular weight is 286 g/mol. The van der Waals surface area contributed by atoms with Crippen LogP contribution in [0, 0.1) is 0 Å². The number of methoxy groups -OCH3 is 1. The van der Waals surface area contributed by atoms with Crippen LogP contribution in [0.1, 0.15) is 6.42 Å². The monoisotopic (exact) mass is 286 g/mol. The van der Waals surface area contributed by atoms with Gasteiger partial charge >= 0.3 is 0 Å². The van der Waals surface area contributed by atoms with Crippen LogP contribution in [0.15, 0.2) is 29.2 Å². The van der Waals surface area contributed by atoms with Crippen molar-refractivity contribution in [2.45, 2.75) is 17.4 Å². The number of ether oxygens (including phenoxy) is 1. The second kappa shape index (κ2) is 6.65. The van der Waals surface area contributed by atoms with Gasteiger partial charge in [0.25, 0.3) is 0 Å². The summed E-state index contributed by atoms with van der Waals surface area (Å²) in [6.45, 7) is 0.261. The lowest BCUT2D eigenvalue weighted by atomic mass is 10.2. The summed E-state index contributed by atoms with van der Waals surface area (Å²) in [6, 6.07) is 5.97. The first-order chi connectivity index (χ1) is 8.86. The molecule has 7 heteroatoms. The Morgan fingerprint density at radius 2 is 1.95 bits per heavy atom. The number of carbonyl (C=O) groups excluding carboxylic acids is 1. The smallest absolute Gasteiger partial charge is 0.227 e. The number of benzene rings is 1. The van der Waals surface area contributed by atoms with Crippen LogP contribution >= 0.6 is 0 Å². The number of rotatable bonds is 6. The lowest BCUT2D eigenvalue weighted by Crippen LogP contribution is -2.28. The minimum atomic E-state index is -3.22. The number of amides is 1. The summed E-state index contributed by atoms with van der Waals surface area (Å²) >= 11 is 0. The molecule has 106 valence electrons. The average Bonchev–Trinajstić information content (AvgIpc) is 2.35. The van der Waals surface area contributed by atoms with E-state index in [0.29, 0.717) is 5.69 Å². The van der Waals surface area contributed by atoms with Gasteiger partial charge in [0.2, 0.25) is 5.91 Å². The Hall–Kier alpha value is -1.44. The van der Waals surface area contributed by atoms with Crippen molar-refractivity contribution in [1.29, 1.82) is 0 Å². The number of nitrogens with two attached hydrogens (primary N) is 1. The van der Waals surface area contributed by atoms with Crippen molar-refractivity contribution in [2.24, 2.45) is 5.73 Å². The van der Waals surface area contributed by atoms with E-state index < -0.39 is 9.84 Å². The van der Waals surface area contributed by atoms with E-state index >= 15 is 0 Å². The van der Waals surface area contributed by atoms with Gasteiger partial charge in [0, 0.05) is 25.6 Å². The van der Waals surface area contributed by atoms with Crippen LogP contribution in [0.2, 0.25) is 0 Å². The summed E-state index contributed by atoms with van der Waals surface area (Å²) in [5, 5.41) is 2.65. The van der Waals surface area contributed by atoms with Crippen LogP contribution < -0.4 is 11.1 Å². The highest BCUT2D eigenvalue weighted by Gasteiger charge is 2.12. The topological polar surface area (TPSA) is 98.5 Å². The van der Waals surface area contributed by atoms with Crippen LogP contribution in [0.25, 0.3) is 0 Å². The number of hydrogen-bond acceptors (Lipinski definition) is 5. The molecule has 0 spiro atoms. The third-order valence-electron chi connectivity index (χ3n) is 2.58. The molecule has 3 N–H and O–H groups in total. The van der Waals surface area contributed by atoms with Crippen molar-refractivity contribution in [3.63, 3.8) is 0 Å². The van der Waals surface area contributed by atoms with Gasteiger partial charge in [0.15, 0.2) is 9.84 Å². The van der Waals surface area contributed by atoms with Crippen LogP contribution in [-0.4, -0.2) is 40.3 Å².